The summed E-state index contributed by atoms with van der Waals surface area (Å²) < 4.78 is 0. The zero-order chi connectivity index (χ0) is 17.3. The van der Waals surface area contributed by atoms with Crippen molar-refractivity contribution in [3.8, 4) is 0 Å². The number of rotatable bonds is 3. The molecule has 3 heteroatoms. The number of nitrogens with one attached hydrogen (secondary N) is 1. The minimum Gasteiger partial charge on any atom is -0.339 e. The highest BCUT2D eigenvalue weighted by atomic mass is 15.1. The van der Waals surface area contributed by atoms with Crippen LogP contribution in [0.15, 0.2) is 97.2 Å². The highest BCUT2D eigenvalue weighted by molar-refractivity contribution is 6.07. The number of hydrogen-bond acceptors (Lipinski definition) is 2. The number of nitrogens with zero attached hydrogens (tertiary/aromatic N) is 2. The van der Waals surface area contributed by atoms with Crippen LogP contribution in [-0.2, 0) is 0 Å². The fourth-order valence-corrected chi connectivity index (χ4v) is 3.45. The van der Waals surface area contributed by atoms with E-state index in [1.807, 2.05) is 24.4 Å². The maximum Gasteiger partial charge on any atom is 0.138 e. The Bertz CT molecular complexity index is 1140. The molecule has 0 unspecified atom stereocenters. The Balaban J connectivity index is 1.75. The molecule has 0 aliphatic rings. The van der Waals surface area contributed by atoms with Crippen molar-refractivity contribution < 1.29 is 0 Å². The van der Waals surface area contributed by atoms with E-state index in [1.165, 1.54) is 5.39 Å². The third-order valence-electron chi connectivity index (χ3n) is 4.64. The van der Waals surface area contributed by atoms with Crippen LogP contribution in [0.4, 0.5) is 17.1 Å². The molecular weight excluding hydrogens is 318 g/mol. The van der Waals surface area contributed by atoms with Gasteiger partial charge in [0.1, 0.15) is 5.65 Å². The van der Waals surface area contributed by atoms with Crippen molar-refractivity contribution in [2.75, 3.05) is 4.90 Å². The van der Waals surface area contributed by atoms with Crippen molar-refractivity contribution in [1.29, 1.82) is 0 Å². The number of H-pyrrole nitrogens is 1. The second kappa shape index (κ2) is 6.05. The van der Waals surface area contributed by atoms with E-state index < -0.39 is 0 Å². The molecule has 0 radical (unpaired) electrons. The van der Waals surface area contributed by atoms with Crippen LogP contribution in [0.2, 0.25) is 0 Å². The van der Waals surface area contributed by atoms with E-state index in [0.29, 0.717) is 0 Å². The van der Waals surface area contributed by atoms with Gasteiger partial charge in [-0.25, -0.2) is 4.98 Å². The molecule has 0 spiro atoms. The topological polar surface area (TPSA) is 31.9 Å². The summed E-state index contributed by atoms with van der Waals surface area (Å²) in [5, 5.41) is 2.33. The molecule has 0 atom stereocenters. The van der Waals surface area contributed by atoms with Crippen LogP contribution in [0.3, 0.4) is 0 Å². The Morgan fingerprint density at radius 3 is 2.00 bits per heavy atom. The van der Waals surface area contributed by atoms with Crippen molar-refractivity contribution in [1.82, 2.24) is 9.97 Å². The lowest BCUT2D eigenvalue weighted by Crippen LogP contribution is -2.09. The average molecular weight is 335 g/mol. The largest absolute Gasteiger partial charge is 0.339 e. The molecule has 5 aromatic rings. The van der Waals surface area contributed by atoms with Gasteiger partial charge in [0, 0.05) is 39.5 Å². The van der Waals surface area contributed by atoms with Crippen molar-refractivity contribution in [3.05, 3.63) is 97.2 Å². The molecule has 26 heavy (non-hydrogen) atoms. The second-order valence-electron chi connectivity index (χ2n) is 6.26. The fourth-order valence-electron chi connectivity index (χ4n) is 3.45. The van der Waals surface area contributed by atoms with Gasteiger partial charge in [-0.2, -0.15) is 0 Å². The van der Waals surface area contributed by atoms with E-state index in [4.69, 9.17) is 0 Å². The molecule has 0 bridgehead atoms. The lowest BCUT2D eigenvalue weighted by molar-refractivity contribution is 1.29. The Morgan fingerprint density at radius 1 is 0.615 bits per heavy atom. The number of aromatic amines is 1. The first-order chi connectivity index (χ1) is 12.9. The third kappa shape index (κ3) is 2.42. The molecule has 0 aliphatic heterocycles. The van der Waals surface area contributed by atoms with Gasteiger partial charge in [0.2, 0.25) is 0 Å². The van der Waals surface area contributed by atoms with Crippen LogP contribution in [0, 0.1) is 0 Å². The van der Waals surface area contributed by atoms with Crippen LogP contribution in [0.25, 0.3) is 21.9 Å². The summed E-state index contributed by atoms with van der Waals surface area (Å²) in [6.07, 6.45) is 1.82. The first kappa shape index (κ1) is 14.7. The Kier molecular flexibility index (Phi) is 3.42. The Morgan fingerprint density at radius 2 is 1.31 bits per heavy atom. The molecule has 0 aliphatic carbocycles. The van der Waals surface area contributed by atoms with E-state index >= 15 is 0 Å². The smallest absolute Gasteiger partial charge is 0.138 e. The minimum absolute atomic E-state index is 0.922. The zero-order valence-corrected chi connectivity index (χ0v) is 14.1. The van der Waals surface area contributed by atoms with E-state index in [2.05, 4.69) is 87.7 Å². The van der Waals surface area contributed by atoms with Crippen molar-refractivity contribution in [2.24, 2.45) is 0 Å². The molecule has 3 aromatic carbocycles. The van der Waals surface area contributed by atoms with Crippen LogP contribution in [0.5, 0.6) is 0 Å². The number of para-hydroxylation sites is 2. The van der Waals surface area contributed by atoms with Crippen LogP contribution < -0.4 is 4.90 Å². The molecule has 2 heterocycles. The van der Waals surface area contributed by atoms with Crippen LogP contribution in [-0.4, -0.2) is 9.97 Å². The van der Waals surface area contributed by atoms with E-state index in [1.54, 1.807) is 0 Å². The van der Waals surface area contributed by atoms with E-state index in [-0.39, 0.29) is 0 Å². The molecule has 3 nitrogen and oxygen atoms in total. The summed E-state index contributed by atoms with van der Waals surface area (Å²) in [5.41, 5.74) is 5.42. The van der Waals surface area contributed by atoms with E-state index in [9.17, 15) is 0 Å². The SMILES string of the molecule is c1ccc(N(c2ccccc2)c2ccc3[nH]c4ncccc4c3c2)cc1. The minimum atomic E-state index is 0.922. The second-order valence-corrected chi connectivity index (χ2v) is 6.26. The van der Waals surface area contributed by atoms with Crippen LogP contribution in [0.1, 0.15) is 0 Å². The number of benzene rings is 3. The summed E-state index contributed by atoms with van der Waals surface area (Å²) in [6.45, 7) is 0. The zero-order valence-electron chi connectivity index (χ0n) is 14.1. The standard InChI is InChI=1S/C23H17N3/c1-3-8-17(9-4-1)26(18-10-5-2-6-11-18)19-13-14-22-21(16-19)20-12-7-15-24-23(20)25-22/h1-16H,(H,24,25). The number of hydrogen-bond donors (Lipinski definition) is 1. The van der Waals surface area contributed by atoms with E-state index in [0.717, 1.165) is 33.6 Å². The molecule has 0 amide bonds. The van der Waals surface area contributed by atoms with Gasteiger partial charge in [-0.3, -0.25) is 0 Å². The molecule has 0 saturated heterocycles. The molecule has 2 aromatic heterocycles. The molecular formula is C23H17N3. The molecule has 5 rings (SSSR count). The average Bonchev–Trinajstić information content (AvgIpc) is 3.08. The quantitative estimate of drug-likeness (QED) is 0.426. The summed E-state index contributed by atoms with van der Waals surface area (Å²) in [4.78, 5) is 10.1. The first-order valence-electron chi connectivity index (χ1n) is 8.67. The number of pyridine rings is 1. The maximum absolute atomic E-state index is 4.44. The van der Waals surface area contributed by atoms with Gasteiger partial charge in [-0.05, 0) is 54.6 Å². The third-order valence-corrected chi connectivity index (χ3v) is 4.64. The summed E-state index contributed by atoms with van der Waals surface area (Å²) >= 11 is 0. The number of aromatic nitrogens is 2. The predicted octanol–water partition coefficient (Wildman–Crippen LogP) is 6.19. The maximum atomic E-state index is 4.44. The monoisotopic (exact) mass is 335 g/mol. The van der Waals surface area contributed by atoms with Gasteiger partial charge < -0.3 is 9.88 Å². The fraction of sp³-hybridized carbons (Fsp3) is 0. The molecule has 0 fully saturated rings. The van der Waals surface area contributed by atoms with Crippen molar-refractivity contribution >= 4 is 39.0 Å². The summed E-state index contributed by atoms with van der Waals surface area (Å²) in [6, 6.07) is 31.5. The lowest BCUT2D eigenvalue weighted by atomic mass is 10.1. The van der Waals surface area contributed by atoms with Gasteiger partial charge >= 0.3 is 0 Å². The molecule has 0 saturated carbocycles. The van der Waals surface area contributed by atoms with Crippen molar-refractivity contribution in [3.63, 3.8) is 0 Å². The normalized spacial score (nSPS) is 11.1. The number of fused-ring (bicyclic) bond motifs is 3. The van der Waals surface area contributed by atoms with Gasteiger partial charge in [-0.15, -0.1) is 0 Å². The number of anilines is 3. The Labute approximate surface area is 151 Å². The Hall–Kier alpha value is -3.59. The summed E-state index contributed by atoms with van der Waals surface area (Å²) in [5.74, 6) is 0. The first-order valence-corrected chi connectivity index (χ1v) is 8.67. The predicted molar refractivity (Wildman–Crippen MR) is 108 cm³/mol. The summed E-state index contributed by atoms with van der Waals surface area (Å²) in [7, 11) is 0. The highest BCUT2D eigenvalue weighted by Crippen LogP contribution is 2.36. The molecule has 124 valence electrons. The van der Waals surface area contributed by atoms with Gasteiger partial charge in [0.15, 0.2) is 0 Å². The molecule has 1 N–H and O–H groups in total. The highest BCUT2D eigenvalue weighted by Gasteiger charge is 2.13. The lowest BCUT2D eigenvalue weighted by Gasteiger charge is -2.25. The van der Waals surface area contributed by atoms with Gasteiger partial charge in [0.05, 0.1) is 0 Å². The van der Waals surface area contributed by atoms with Crippen LogP contribution >= 0.6 is 0 Å². The van der Waals surface area contributed by atoms with Gasteiger partial charge in [-0.1, -0.05) is 36.4 Å². The van der Waals surface area contributed by atoms with Crippen molar-refractivity contribution in [2.45, 2.75) is 0 Å². The van der Waals surface area contributed by atoms with Gasteiger partial charge in [0.25, 0.3) is 0 Å².